The van der Waals surface area contributed by atoms with Crippen molar-refractivity contribution in [2.75, 3.05) is 26.4 Å². The van der Waals surface area contributed by atoms with Gasteiger partial charge in [-0.3, -0.25) is 0 Å². The fraction of sp³-hybridized carbons (Fsp3) is 0.429. The molecule has 0 radical (unpaired) electrons. The highest BCUT2D eigenvalue weighted by molar-refractivity contribution is 5.64. The molecule has 1 aliphatic rings. The van der Waals surface area contributed by atoms with Gasteiger partial charge in [-0.05, 0) is 43.0 Å². The first-order chi connectivity index (χ1) is 12.2. The van der Waals surface area contributed by atoms with Crippen LogP contribution in [0.5, 0.6) is 5.75 Å². The van der Waals surface area contributed by atoms with E-state index in [0.717, 1.165) is 37.4 Å². The van der Waals surface area contributed by atoms with Crippen molar-refractivity contribution < 1.29 is 19.3 Å². The molecule has 0 aliphatic carbocycles. The zero-order valence-corrected chi connectivity index (χ0v) is 14.7. The molecule has 4 heteroatoms. The summed E-state index contributed by atoms with van der Waals surface area (Å²) < 4.78 is 16.7. The minimum Gasteiger partial charge on any atom is -0.491 e. The molecule has 1 fully saturated rings. The zero-order chi connectivity index (χ0) is 17.5. The lowest BCUT2D eigenvalue weighted by Crippen LogP contribution is -2.30. The fourth-order valence-electron chi connectivity index (χ4n) is 2.82. The van der Waals surface area contributed by atoms with Crippen molar-refractivity contribution in [3.05, 3.63) is 54.1 Å². The lowest BCUT2D eigenvalue weighted by atomic mass is 10.0. The standard InChI is InChI=1S/C21H26O4/c1-16-2-4-17(5-3-16)18-6-8-20(9-7-18)24-14-19(22)15-25-21-10-12-23-13-11-21/h2-9,19,21-22H,10-15H2,1H3. The molecule has 1 saturated heterocycles. The summed E-state index contributed by atoms with van der Waals surface area (Å²) in [6.45, 7) is 4.09. The van der Waals surface area contributed by atoms with E-state index in [-0.39, 0.29) is 12.7 Å². The molecular weight excluding hydrogens is 316 g/mol. The first kappa shape index (κ1) is 17.9. The van der Waals surface area contributed by atoms with E-state index in [1.165, 1.54) is 11.1 Å². The Morgan fingerprint density at radius 3 is 2.20 bits per heavy atom. The second-order valence-corrected chi connectivity index (χ2v) is 6.50. The number of ether oxygens (including phenoxy) is 3. The first-order valence-corrected chi connectivity index (χ1v) is 8.88. The van der Waals surface area contributed by atoms with Crippen LogP contribution in [0.3, 0.4) is 0 Å². The molecular formula is C21H26O4. The number of aryl methyl sites for hydroxylation is 1. The molecule has 25 heavy (non-hydrogen) atoms. The molecule has 1 heterocycles. The molecule has 2 aromatic carbocycles. The summed E-state index contributed by atoms with van der Waals surface area (Å²) >= 11 is 0. The van der Waals surface area contributed by atoms with Crippen molar-refractivity contribution in [1.29, 1.82) is 0 Å². The van der Waals surface area contributed by atoms with Gasteiger partial charge in [-0.25, -0.2) is 0 Å². The molecule has 1 atom stereocenters. The van der Waals surface area contributed by atoms with E-state index < -0.39 is 6.10 Å². The van der Waals surface area contributed by atoms with Crippen molar-refractivity contribution in [2.24, 2.45) is 0 Å². The molecule has 0 aromatic heterocycles. The number of aliphatic hydroxyl groups excluding tert-OH is 1. The van der Waals surface area contributed by atoms with Crippen molar-refractivity contribution >= 4 is 0 Å². The van der Waals surface area contributed by atoms with Crippen LogP contribution >= 0.6 is 0 Å². The van der Waals surface area contributed by atoms with Gasteiger partial charge in [0.2, 0.25) is 0 Å². The second kappa shape index (κ2) is 8.99. The van der Waals surface area contributed by atoms with Crippen LogP contribution in [-0.2, 0) is 9.47 Å². The van der Waals surface area contributed by atoms with E-state index in [1.807, 2.05) is 24.3 Å². The van der Waals surface area contributed by atoms with Crippen LogP contribution in [0, 0.1) is 6.92 Å². The molecule has 1 unspecified atom stereocenters. The summed E-state index contributed by atoms with van der Waals surface area (Å²) in [7, 11) is 0. The van der Waals surface area contributed by atoms with E-state index in [4.69, 9.17) is 14.2 Å². The van der Waals surface area contributed by atoms with Gasteiger partial charge in [0.05, 0.1) is 12.7 Å². The summed E-state index contributed by atoms with van der Waals surface area (Å²) in [5.74, 6) is 0.751. The third-order valence-corrected chi connectivity index (χ3v) is 4.37. The molecule has 0 spiro atoms. The van der Waals surface area contributed by atoms with E-state index in [1.54, 1.807) is 0 Å². The maximum Gasteiger partial charge on any atom is 0.119 e. The van der Waals surface area contributed by atoms with E-state index in [9.17, 15) is 5.11 Å². The highest BCUT2D eigenvalue weighted by Crippen LogP contribution is 2.23. The van der Waals surface area contributed by atoms with Gasteiger partial charge in [-0.2, -0.15) is 0 Å². The summed E-state index contributed by atoms with van der Waals surface area (Å²) in [4.78, 5) is 0. The lowest BCUT2D eigenvalue weighted by Gasteiger charge is -2.23. The van der Waals surface area contributed by atoms with E-state index in [2.05, 4.69) is 31.2 Å². The number of benzene rings is 2. The summed E-state index contributed by atoms with van der Waals surface area (Å²) in [6, 6.07) is 16.4. The van der Waals surface area contributed by atoms with Gasteiger partial charge in [0.1, 0.15) is 18.5 Å². The van der Waals surface area contributed by atoms with Gasteiger partial charge in [0, 0.05) is 13.2 Å². The molecule has 4 nitrogen and oxygen atoms in total. The minimum absolute atomic E-state index is 0.192. The molecule has 0 saturated carbocycles. The third-order valence-electron chi connectivity index (χ3n) is 4.37. The Morgan fingerprint density at radius 1 is 0.960 bits per heavy atom. The van der Waals surface area contributed by atoms with Crippen LogP contribution < -0.4 is 4.74 Å². The highest BCUT2D eigenvalue weighted by atomic mass is 16.5. The van der Waals surface area contributed by atoms with Crippen LogP contribution in [0.4, 0.5) is 0 Å². The highest BCUT2D eigenvalue weighted by Gasteiger charge is 2.16. The predicted molar refractivity (Wildman–Crippen MR) is 97.9 cm³/mol. The van der Waals surface area contributed by atoms with E-state index >= 15 is 0 Å². The van der Waals surface area contributed by atoms with Crippen LogP contribution in [0.1, 0.15) is 18.4 Å². The van der Waals surface area contributed by atoms with Crippen molar-refractivity contribution in [3.8, 4) is 16.9 Å². The summed E-state index contributed by atoms with van der Waals surface area (Å²) in [5.41, 5.74) is 3.58. The van der Waals surface area contributed by atoms with Crippen molar-refractivity contribution in [2.45, 2.75) is 32.0 Å². The normalized spacial score (nSPS) is 16.6. The van der Waals surface area contributed by atoms with Gasteiger partial charge < -0.3 is 19.3 Å². The fourth-order valence-corrected chi connectivity index (χ4v) is 2.82. The Balaban J connectivity index is 1.44. The smallest absolute Gasteiger partial charge is 0.119 e. The van der Waals surface area contributed by atoms with Gasteiger partial charge in [0.25, 0.3) is 0 Å². The number of aliphatic hydroxyl groups is 1. The number of hydrogen-bond acceptors (Lipinski definition) is 4. The Morgan fingerprint density at radius 2 is 1.56 bits per heavy atom. The predicted octanol–water partition coefficient (Wildman–Crippen LogP) is 3.60. The zero-order valence-electron chi connectivity index (χ0n) is 14.7. The Bertz CT molecular complexity index is 630. The van der Waals surface area contributed by atoms with Crippen LogP contribution in [0.2, 0.25) is 0 Å². The molecule has 3 rings (SSSR count). The monoisotopic (exact) mass is 342 g/mol. The largest absolute Gasteiger partial charge is 0.491 e. The van der Waals surface area contributed by atoms with Crippen LogP contribution in [0.25, 0.3) is 11.1 Å². The summed E-state index contributed by atoms with van der Waals surface area (Å²) in [5, 5.41) is 10.0. The maximum absolute atomic E-state index is 10.0. The number of rotatable bonds is 7. The van der Waals surface area contributed by atoms with Gasteiger partial charge in [-0.1, -0.05) is 42.0 Å². The molecule has 0 amide bonds. The molecule has 1 aliphatic heterocycles. The average molecular weight is 342 g/mol. The second-order valence-electron chi connectivity index (χ2n) is 6.50. The SMILES string of the molecule is Cc1ccc(-c2ccc(OCC(O)COC3CCOCC3)cc2)cc1. The minimum atomic E-state index is -0.625. The van der Waals surface area contributed by atoms with Gasteiger partial charge in [-0.15, -0.1) is 0 Å². The van der Waals surface area contributed by atoms with Gasteiger partial charge in [0.15, 0.2) is 0 Å². The third kappa shape index (κ3) is 5.56. The Labute approximate surface area is 149 Å². The molecule has 1 N–H and O–H groups in total. The van der Waals surface area contributed by atoms with Crippen LogP contribution in [-0.4, -0.2) is 43.7 Å². The molecule has 0 bridgehead atoms. The molecule has 134 valence electrons. The van der Waals surface area contributed by atoms with Crippen molar-refractivity contribution in [3.63, 3.8) is 0 Å². The average Bonchev–Trinajstić information content (AvgIpc) is 2.67. The first-order valence-electron chi connectivity index (χ1n) is 8.88. The van der Waals surface area contributed by atoms with Crippen molar-refractivity contribution in [1.82, 2.24) is 0 Å². The van der Waals surface area contributed by atoms with E-state index in [0.29, 0.717) is 6.61 Å². The quantitative estimate of drug-likeness (QED) is 0.835. The van der Waals surface area contributed by atoms with Gasteiger partial charge >= 0.3 is 0 Å². The summed E-state index contributed by atoms with van der Waals surface area (Å²) in [6.07, 6.45) is 1.36. The lowest BCUT2D eigenvalue weighted by molar-refractivity contribution is -0.0659. The number of hydrogen-bond donors (Lipinski definition) is 1. The topological polar surface area (TPSA) is 47.9 Å². The Kier molecular flexibility index (Phi) is 6.45. The maximum atomic E-state index is 10.0. The van der Waals surface area contributed by atoms with Crippen LogP contribution in [0.15, 0.2) is 48.5 Å². The molecule has 2 aromatic rings. The Hall–Kier alpha value is -1.88.